The molecule has 0 spiro atoms. The maximum atomic E-state index is 12.7. The second-order valence-corrected chi connectivity index (χ2v) is 12.9. The van der Waals surface area contributed by atoms with Crippen LogP contribution in [0, 0.1) is 17.8 Å². The molecule has 1 heterocycles. The van der Waals surface area contributed by atoms with Gasteiger partial charge in [0, 0.05) is 6.42 Å². The molecule has 1 unspecified atom stereocenters. The third kappa shape index (κ3) is 6.89. The Kier molecular flexibility index (Phi) is 10.5. The Labute approximate surface area is 221 Å². The lowest BCUT2D eigenvalue weighted by Crippen LogP contribution is -2.54. The molecule has 0 bridgehead atoms. The molecule has 188 valence electrons. The Balaban J connectivity index is 1.37. The van der Waals surface area contributed by atoms with Gasteiger partial charge in [-0.2, -0.15) is 0 Å². The van der Waals surface area contributed by atoms with E-state index in [4.69, 9.17) is 0 Å². The zero-order valence-electron chi connectivity index (χ0n) is 21.0. The number of aliphatic hydroxyl groups is 1. The van der Waals surface area contributed by atoms with Crippen molar-refractivity contribution in [3.63, 3.8) is 0 Å². The molecule has 1 atom stereocenters. The van der Waals surface area contributed by atoms with E-state index in [1.807, 2.05) is 23.5 Å². The number of benzene rings is 2. The van der Waals surface area contributed by atoms with Gasteiger partial charge in [0.1, 0.15) is 5.60 Å². The molecule has 1 aliphatic heterocycles. The molecular formula is C31H41NOS2. The van der Waals surface area contributed by atoms with E-state index in [1.165, 1.54) is 31.2 Å². The summed E-state index contributed by atoms with van der Waals surface area (Å²) in [5.41, 5.74) is 1.71. The fraction of sp³-hybridized carbons (Fsp3) is 0.548. The van der Waals surface area contributed by atoms with Crippen molar-refractivity contribution in [3.8, 4) is 11.8 Å². The van der Waals surface area contributed by atoms with E-state index in [1.54, 1.807) is 0 Å². The predicted octanol–water partition coefficient (Wildman–Crippen LogP) is 7.03. The molecule has 0 radical (unpaired) electrons. The summed E-state index contributed by atoms with van der Waals surface area (Å²) in [6, 6.07) is 21.3. The monoisotopic (exact) mass is 507 g/mol. The summed E-state index contributed by atoms with van der Waals surface area (Å²) in [4.78, 5) is 0. The van der Waals surface area contributed by atoms with E-state index < -0.39 is 5.60 Å². The first-order valence-corrected chi connectivity index (χ1v) is 15.5. The normalized spacial score (nSPS) is 19.9. The molecule has 2 fully saturated rings. The van der Waals surface area contributed by atoms with Crippen LogP contribution in [0.4, 0.5) is 0 Å². The van der Waals surface area contributed by atoms with Crippen molar-refractivity contribution in [2.24, 2.45) is 5.92 Å². The quantitative estimate of drug-likeness (QED) is 0.267. The Morgan fingerprint density at radius 1 is 0.886 bits per heavy atom. The zero-order chi connectivity index (χ0) is 24.2. The molecule has 1 saturated carbocycles. The standard InChI is InChI=1S/C31H41NOS2/c33-31(28-18-7-2-8-19-28,29-20-9-3-10-21-29)30(34-25-14-26-35-30)22-11-4-12-23-32-24-13-17-27-15-5-1-6-16-27/h1-2,5-8,15-16,18-19,29,32-33H,3,9-11,13-14,17,20-26H2. The Bertz CT molecular complexity index is 927. The molecule has 1 aliphatic carbocycles. The van der Waals surface area contributed by atoms with Crippen molar-refractivity contribution in [1.82, 2.24) is 5.32 Å². The fourth-order valence-electron chi connectivity index (χ4n) is 5.70. The first kappa shape index (κ1) is 26.7. The highest BCUT2D eigenvalue weighted by molar-refractivity contribution is 8.18. The molecule has 0 amide bonds. The molecule has 2 aliphatic rings. The summed E-state index contributed by atoms with van der Waals surface area (Å²) in [6.07, 6.45) is 11.3. The summed E-state index contributed by atoms with van der Waals surface area (Å²) in [5.74, 6) is 9.38. The van der Waals surface area contributed by atoms with E-state index in [-0.39, 0.29) is 4.08 Å². The van der Waals surface area contributed by atoms with Gasteiger partial charge in [-0.1, -0.05) is 85.8 Å². The highest BCUT2D eigenvalue weighted by Crippen LogP contribution is 2.60. The minimum absolute atomic E-state index is 0.216. The zero-order valence-corrected chi connectivity index (χ0v) is 22.6. The van der Waals surface area contributed by atoms with Crippen molar-refractivity contribution in [2.75, 3.05) is 24.6 Å². The molecule has 2 aromatic carbocycles. The molecular weight excluding hydrogens is 466 g/mol. The number of nitrogens with one attached hydrogen (secondary N) is 1. The van der Waals surface area contributed by atoms with Crippen molar-refractivity contribution in [1.29, 1.82) is 0 Å². The first-order chi connectivity index (χ1) is 17.2. The van der Waals surface area contributed by atoms with Gasteiger partial charge < -0.3 is 10.4 Å². The summed E-state index contributed by atoms with van der Waals surface area (Å²) in [7, 11) is 0. The van der Waals surface area contributed by atoms with Gasteiger partial charge in [0.05, 0.1) is 10.6 Å². The summed E-state index contributed by atoms with van der Waals surface area (Å²) >= 11 is 4.02. The smallest absolute Gasteiger partial charge is 0.116 e. The van der Waals surface area contributed by atoms with Crippen LogP contribution in [0.3, 0.4) is 0 Å². The minimum Gasteiger partial charge on any atom is -0.383 e. The van der Waals surface area contributed by atoms with Crippen molar-refractivity contribution >= 4 is 23.5 Å². The number of hydrogen-bond donors (Lipinski definition) is 2. The SMILES string of the molecule is OC(c1ccccc1)(C1CCCCC1)C1(CCC#CCNCCCc2ccccc2)SCCCS1. The van der Waals surface area contributed by atoms with Gasteiger partial charge >= 0.3 is 0 Å². The first-order valence-electron chi connectivity index (χ1n) is 13.5. The largest absolute Gasteiger partial charge is 0.383 e. The van der Waals surface area contributed by atoms with E-state index in [9.17, 15) is 5.11 Å². The summed E-state index contributed by atoms with van der Waals surface area (Å²) < 4.78 is -0.216. The lowest BCUT2D eigenvalue weighted by molar-refractivity contribution is -0.0508. The molecule has 1 saturated heterocycles. The number of aryl methyl sites for hydroxylation is 1. The van der Waals surface area contributed by atoms with Gasteiger partial charge in [-0.05, 0) is 73.6 Å². The van der Waals surface area contributed by atoms with Crippen LogP contribution in [-0.2, 0) is 12.0 Å². The van der Waals surface area contributed by atoms with E-state index in [0.717, 1.165) is 68.7 Å². The molecule has 35 heavy (non-hydrogen) atoms. The van der Waals surface area contributed by atoms with Crippen molar-refractivity contribution in [2.45, 2.75) is 73.9 Å². The lowest BCUT2D eigenvalue weighted by atomic mass is 9.70. The predicted molar refractivity (Wildman–Crippen MR) is 154 cm³/mol. The van der Waals surface area contributed by atoms with Gasteiger partial charge in [0.2, 0.25) is 0 Å². The Hall–Kier alpha value is -1.38. The Morgan fingerprint density at radius 3 is 2.29 bits per heavy atom. The second kappa shape index (κ2) is 13.8. The highest BCUT2D eigenvalue weighted by atomic mass is 32.2. The third-order valence-electron chi connectivity index (χ3n) is 7.53. The van der Waals surface area contributed by atoms with Crippen LogP contribution in [-0.4, -0.2) is 33.8 Å². The van der Waals surface area contributed by atoms with Crippen LogP contribution in [0.1, 0.15) is 68.9 Å². The Morgan fingerprint density at radius 2 is 1.57 bits per heavy atom. The average molecular weight is 508 g/mol. The van der Waals surface area contributed by atoms with E-state index in [2.05, 4.69) is 77.8 Å². The molecule has 0 aromatic heterocycles. The second-order valence-electron chi connectivity index (χ2n) is 9.89. The lowest BCUT2D eigenvalue weighted by Gasteiger charge is -2.53. The van der Waals surface area contributed by atoms with Crippen LogP contribution in [0.15, 0.2) is 60.7 Å². The summed E-state index contributed by atoms with van der Waals surface area (Å²) in [5, 5.41) is 16.2. The van der Waals surface area contributed by atoms with Gasteiger partial charge in [-0.3, -0.25) is 0 Å². The molecule has 2 N–H and O–H groups in total. The number of thioether (sulfide) groups is 2. The van der Waals surface area contributed by atoms with Crippen molar-refractivity contribution < 1.29 is 5.11 Å². The topological polar surface area (TPSA) is 32.3 Å². The number of hydrogen-bond acceptors (Lipinski definition) is 4. The van der Waals surface area contributed by atoms with Crippen LogP contribution >= 0.6 is 23.5 Å². The molecule has 2 nitrogen and oxygen atoms in total. The minimum atomic E-state index is -0.804. The fourth-order valence-corrected chi connectivity index (χ4v) is 9.45. The summed E-state index contributed by atoms with van der Waals surface area (Å²) in [6.45, 7) is 1.74. The third-order valence-corrected chi connectivity index (χ3v) is 11.2. The van der Waals surface area contributed by atoms with E-state index >= 15 is 0 Å². The molecule has 4 heteroatoms. The van der Waals surface area contributed by atoms with Crippen molar-refractivity contribution in [3.05, 3.63) is 71.8 Å². The van der Waals surface area contributed by atoms with Gasteiger partial charge in [0.15, 0.2) is 0 Å². The average Bonchev–Trinajstić information content (AvgIpc) is 2.93. The van der Waals surface area contributed by atoms with Crippen LogP contribution < -0.4 is 5.32 Å². The maximum absolute atomic E-state index is 12.7. The molecule has 4 rings (SSSR count). The molecule has 2 aromatic rings. The van der Waals surface area contributed by atoms with E-state index in [0.29, 0.717) is 5.92 Å². The van der Waals surface area contributed by atoms with Crippen LogP contribution in [0.25, 0.3) is 0 Å². The van der Waals surface area contributed by atoms with Crippen LogP contribution in [0.2, 0.25) is 0 Å². The maximum Gasteiger partial charge on any atom is 0.116 e. The highest BCUT2D eigenvalue weighted by Gasteiger charge is 2.56. The number of rotatable bonds is 10. The van der Waals surface area contributed by atoms with Gasteiger partial charge in [0.25, 0.3) is 0 Å². The van der Waals surface area contributed by atoms with Gasteiger partial charge in [-0.25, -0.2) is 0 Å². The van der Waals surface area contributed by atoms with Gasteiger partial charge in [-0.15, -0.1) is 29.4 Å². The van der Waals surface area contributed by atoms with Crippen LogP contribution in [0.5, 0.6) is 0 Å².